The maximum atomic E-state index is 12.4. The maximum Gasteiger partial charge on any atom is 0.240 e. The van der Waals surface area contributed by atoms with Crippen molar-refractivity contribution in [2.24, 2.45) is 0 Å². The standard InChI is InChI=1S/C23H31N3O4S/c1-16-5-10-22(13-17(16)2)31(28,29)24-12-11-23(27)25-20-6-8-21(9-7-20)26-14-18(3)30-19(4)15-26/h5-10,13,18-19,24H,11-12,14-15H2,1-4H3,(H,25,27). The fraction of sp³-hybridized carbons (Fsp3) is 0.435. The Hall–Kier alpha value is -2.42. The lowest BCUT2D eigenvalue weighted by Gasteiger charge is -2.36. The molecule has 1 aliphatic heterocycles. The molecular weight excluding hydrogens is 414 g/mol. The minimum absolute atomic E-state index is 0.0305. The molecular formula is C23H31N3O4S. The van der Waals surface area contributed by atoms with Gasteiger partial charge in [0.25, 0.3) is 0 Å². The van der Waals surface area contributed by atoms with Crippen molar-refractivity contribution < 1.29 is 17.9 Å². The summed E-state index contributed by atoms with van der Waals surface area (Å²) in [4.78, 5) is 14.7. The van der Waals surface area contributed by atoms with Crippen LogP contribution in [-0.4, -0.2) is 46.2 Å². The normalized spacial score (nSPS) is 19.3. The van der Waals surface area contributed by atoms with E-state index in [0.29, 0.717) is 5.69 Å². The van der Waals surface area contributed by atoms with E-state index in [2.05, 4.69) is 28.8 Å². The molecule has 3 rings (SSSR count). The van der Waals surface area contributed by atoms with Crippen molar-refractivity contribution in [1.29, 1.82) is 0 Å². The van der Waals surface area contributed by atoms with Gasteiger partial charge in [-0.15, -0.1) is 0 Å². The van der Waals surface area contributed by atoms with Crippen LogP contribution in [0, 0.1) is 13.8 Å². The van der Waals surface area contributed by atoms with Gasteiger partial charge in [0, 0.05) is 37.4 Å². The first kappa shape index (κ1) is 23.2. The molecule has 0 aliphatic carbocycles. The predicted octanol–water partition coefficient (Wildman–Crippen LogP) is 3.22. The van der Waals surface area contributed by atoms with Crippen LogP contribution in [0.2, 0.25) is 0 Å². The fourth-order valence-electron chi connectivity index (χ4n) is 3.63. The fourth-order valence-corrected chi connectivity index (χ4v) is 4.75. The summed E-state index contributed by atoms with van der Waals surface area (Å²) in [6.07, 6.45) is 0.399. The van der Waals surface area contributed by atoms with Gasteiger partial charge >= 0.3 is 0 Å². The number of nitrogens with zero attached hydrogens (tertiary/aromatic N) is 1. The van der Waals surface area contributed by atoms with Gasteiger partial charge in [0.2, 0.25) is 15.9 Å². The number of sulfonamides is 1. The Kier molecular flexibility index (Phi) is 7.35. The molecule has 168 valence electrons. The Morgan fingerprint density at radius 2 is 1.68 bits per heavy atom. The number of carbonyl (C=O) groups excluding carboxylic acids is 1. The molecule has 31 heavy (non-hydrogen) atoms. The van der Waals surface area contributed by atoms with Gasteiger partial charge in [-0.05, 0) is 75.2 Å². The van der Waals surface area contributed by atoms with Gasteiger partial charge in [0.05, 0.1) is 17.1 Å². The molecule has 0 saturated carbocycles. The van der Waals surface area contributed by atoms with E-state index >= 15 is 0 Å². The van der Waals surface area contributed by atoms with Crippen molar-refractivity contribution in [3.8, 4) is 0 Å². The minimum atomic E-state index is -3.64. The Morgan fingerprint density at radius 1 is 1.03 bits per heavy atom. The highest BCUT2D eigenvalue weighted by Gasteiger charge is 2.22. The lowest BCUT2D eigenvalue weighted by Crippen LogP contribution is -2.45. The average Bonchev–Trinajstić information content (AvgIpc) is 2.69. The van der Waals surface area contributed by atoms with Crippen molar-refractivity contribution in [3.63, 3.8) is 0 Å². The lowest BCUT2D eigenvalue weighted by atomic mass is 10.1. The van der Waals surface area contributed by atoms with Crippen LogP contribution < -0.4 is 14.9 Å². The highest BCUT2D eigenvalue weighted by atomic mass is 32.2. The SMILES string of the molecule is Cc1ccc(S(=O)(=O)NCCC(=O)Nc2ccc(N3CC(C)OC(C)C3)cc2)cc1C. The molecule has 8 heteroatoms. The number of carbonyl (C=O) groups is 1. The van der Waals surface area contributed by atoms with Crippen molar-refractivity contribution in [2.75, 3.05) is 29.9 Å². The number of ether oxygens (including phenoxy) is 1. The van der Waals surface area contributed by atoms with E-state index in [9.17, 15) is 13.2 Å². The van der Waals surface area contributed by atoms with E-state index in [4.69, 9.17) is 4.74 Å². The number of nitrogens with one attached hydrogen (secondary N) is 2. The molecule has 1 aliphatic rings. The number of aryl methyl sites for hydroxylation is 2. The summed E-state index contributed by atoms with van der Waals surface area (Å²) >= 11 is 0. The highest BCUT2D eigenvalue weighted by molar-refractivity contribution is 7.89. The van der Waals surface area contributed by atoms with E-state index in [1.807, 2.05) is 38.1 Å². The van der Waals surface area contributed by atoms with Gasteiger partial charge in [-0.2, -0.15) is 0 Å². The zero-order valence-electron chi connectivity index (χ0n) is 18.5. The van der Waals surface area contributed by atoms with Crippen LogP contribution in [0.4, 0.5) is 11.4 Å². The Morgan fingerprint density at radius 3 is 2.29 bits per heavy atom. The number of morpholine rings is 1. The number of rotatable bonds is 7. The van der Waals surface area contributed by atoms with Crippen LogP contribution in [0.5, 0.6) is 0 Å². The van der Waals surface area contributed by atoms with Gasteiger partial charge in [0.1, 0.15) is 0 Å². The average molecular weight is 446 g/mol. The third kappa shape index (κ3) is 6.29. The second kappa shape index (κ2) is 9.80. The number of hydrogen-bond acceptors (Lipinski definition) is 5. The predicted molar refractivity (Wildman–Crippen MR) is 123 cm³/mol. The molecule has 0 radical (unpaired) electrons. The Labute approximate surface area is 184 Å². The van der Waals surface area contributed by atoms with Crippen LogP contribution in [0.1, 0.15) is 31.4 Å². The number of hydrogen-bond donors (Lipinski definition) is 2. The first-order valence-electron chi connectivity index (χ1n) is 10.5. The maximum absolute atomic E-state index is 12.4. The molecule has 2 unspecified atom stereocenters. The van der Waals surface area contributed by atoms with Crippen molar-refractivity contribution in [1.82, 2.24) is 4.72 Å². The molecule has 1 amide bonds. The van der Waals surface area contributed by atoms with Gasteiger partial charge in [-0.25, -0.2) is 13.1 Å². The van der Waals surface area contributed by atoms with Crippen LogP contribution in [0.25, 0.3) is 0 Å². The monoisotopic (exact) mass is 445 g/mol. The molecule has 2 N–H and O–H groups in total. The second-order valence-corrected chi connectivity index (χ2v) is 9.92. The quantitative estimate of drug-likeness (QED) is 0.683. The summed E-state index contributed by atoms with van der Waals surface area (Å²) in [5.74, 6) is -0.246. The van der Waals surface area contributed by atoms with Gasteiger partial charge in [-0.1, -0.05) is 6.07 Å². The molecule has 0 spiro atoms. The van der Waals surface area contributed by atoms with E-state index in [1.54, 1.807) is 18.2 Å². The molecule has 1 saturated heterocycles. The van der Waals surface area contributed by atoms with Crippen LogP contribution >= 0.6 is 0 Å². The topological polar surface area (TPSA) is 87.7 Å². The summed E-state index contributed by atoms with van der Waals surface area (Å²) < 4.78 is 33.1. The number of amides is 1. The summed E-state index contributed by atoms with van der Waals surface area (Å²) in [7, 11) is -3.64. The molecule has 0 bridgehead atoms. The molecule has 2 atom stereocenters. The zero-order valence-corrected chi connectivity index (χ0v) is 19.3. The smallest absolute Gasteiger partial charge is 0.240 e. The molecule has 7 nitrogen and oxygen atoms in total. The molecule has 1 heterocycles. The third-order valence-electron chi connectivity index (χ3n) is 5.37. The Bertz CT molecular complexity index is 1010. The molecule has 0 aromatic heterocycles. The van der Waals surface area contributed by atoms with E-state index < -0.39 is 10.0 Å². The minimum Gasteiger partial charge on any atom is -0.372 e. The van der Waals surface area contributed by atoms with E-state index in [1.165, 1.54) is 0 Å². The van der Waals surface area contributed by atoms with Crippen LogP contribution in [0.15, 0.2) is 47.4 Å². The molecule has 1 fully saturated rings. The first-order chi connectivity index (χ1) is 14.6. The highest BCUT2D eigenvalue weighted by Crippen LogP contribution is 2.22. The van der Waals surface area contributed by atoms with E-state index in [0.717, 1.165) is 29.9 Å². The second-order valence-electron chi connectivity index (χ2n) is 8.15. The van der Waals surface area contributed by atoms with Gasteiger partial charge < -0.3 is 15.0 Å². The summed E-state index contributed by atoms with van der Waals surface area (Å²) in [6, 6.07) is 12.6. The first-order valence-corrected chi connectivity index (χ1v) is 12.0. The summed E-state index contributed by atoms with van der Waals surface area (Å²) in [5.41, 5.74) is 3.70. The number of benzene rings is 2. The van der Waals surface area contributed by atoms with Crippen LogP contribution in [0.3, 0.4) is 0 Å². The summed E-state index contributed by atoms with van der Waals surface area (Å²) in [6.45, 7) is 9.61. The van der Waals surface area contributed by atoms with Gasteiger partial charge in [0.15, 0.2) is 0 Å². The Balaban J connectivity index is 1.50. The van der Waals surface area contributed by atoms with E-state index in [-0.39, 0.29) is 36.0 Å². The zero-order chi connectivity index (χ0) is 22.6. The molecule has 2 aromatic rings. The van der Waals surface area contributed by atoms with Crippen molar-refractivity contribution in [2.45, 2.75) is 51.2 Å². The third-order valence-corrected chi connectivity index (χ3v) is 6.83. The van der Waals surface area contributed by atoms with Crippen molar-refractivity contribution >= 4 is 27.3 Å². The molecule has 2 aromatic carbocycles. The largest absolute Gasteiger partial charge is 0.372 e. The summed E-state index contributed by atoms with van der Waals surface area (Å²) in [5, 5.41) is 2.82. The van der Waals surface area contributed by atoms with Crippen LogP contribution in [-0.2, 0) is 19.6 Å². The number of anilines is 2. The lowest BCUT2D eigenvalue weighted by molar-refractivity contribution is -0.116. The van der Waals surface area contributed by atoms with Crippen molar-refractivity contribution in [3.05, 3.63) is 53.6 Å². The van der Waals surface area contributed by atoms with Gasteiger partial charge in [-0.3, -0.25) is 4.79 Å².